The predicted octanol–water partition coefficient (Wildman–Crippen LogP) is 12.2. The minimum atomic E-state index is -1.46. The van der Waals surface area contributed by atoms with Crippen LogP contribution < -0.4 is 36.1 Å². The maximum absolute atomic E-state index is 14.8. The van der Waals surface area contributed by atoms with E-state index in [0.717, 1.165) is 38.9 Å². The van der Waals surface area contributed by atoms with Gasteiger partial charge in [-0.3, -0.25) is 19.2 Å². The summed E-state index contributed by atoms with van der Waals surface area (Å²) < 4.78 is 23.2. The molecular weight excluding hydrogens is 1050 g/mol. The van der Waals surface area contributed by atoms with Gasteiger partial charge in [0.15, 0.2) is 11.5 Å². The van der Waals surface area contributed by atoms with E-state index in [1.54, 1.807) is 26.0 Å². The number of carbonyl (C=O) groups is 6. The molecule has 83 heavy (non-hydrogen) atoms. The first-order valence-corrected chi connectivity index (χ1v) is 26.9. The Balaban J connectivity index is 0.948. The van der Waals surface area contributed by atoms with Crippen LogP contribution in [0.15, 0.2) is 226 Å². The highest BCUT2D eigenvalue weighted by Crippen LogP contribution is 2.45. The predicted molar refractivity (Wildman–Crippen MR) is 320 cm³/mol. The fraction of sp³-hybridized carbons (Fsp3) is 0.147. The average molecular weight is 1110 g/mol. The normalized spacial score (nSPS) is 11.8. The van der Waals surface area contributed by atoms with E-state index in [9.17, 15) is 28.8 Å². The van der Waals surface area contributed by atoms with Crippen molar-refractivity contribution in [1.82, 2.24) is 10.6 Å². The molecule has 0 fully saturated rings. The Hall–Kier alpha value is -10.5. The van der Waals surface area contributed by atoms with E-state index in [1.807, 2.05) is 140 Å². The third-order valence-corrected chi connectivity index (χ3v) is 13.7. The molecule has 9 rings (SSSR count). The molecule has 0 spiro atoms. The van der Waals surface area contributed by atoms with E-state index in [4.69, 9.17) is 18.9 Å². The van der Waals surface area contributed by atoms with Crippen molar-refractivity contribution in [3.8, 4) is 22.6 Å². The summed E-state index contributed by atoms with van der Waals surface area (Å²) in [5.41, 5.74) is 6.53. The van der Waals surface area contributed by atoms with Gasteiger partial charge in [-0.15, -0.1) is 0 Å². The van der Waals surface area contributed by atoms with E-state index in [0.29, 0.717) is 5.69 Å². The molecule has 15 nitrogen and oxygen atoms in total. The molecule has 1 aliphatic rings. The number of ether oxygens (including phenoxy) is 4. The lowest BCUT2D eigenvalue weighted by molar-refractivity contribution is -0.126. The van der Waals surface area contributed by atoms with E-state index in [-0.39, 0.29) is 65.3 Å². The molecule has 0 saturated heterocycles. The van der Waals surface area contributed by atoms with Crippen LogP contribution in [-0.2, 0) is 24.6 Å². The second kappa shape index (κ2) is 26.6. The molecule has 1 aliphatic carbocycles. The molecule has 5 amide bonds. The summed E-state index contributed by atoms with van der Waals surface area (Å²) in [5.74, 6) is -3.12. The van der Waals surface area contributed by atoms with Crippen molar-refractivity contribution in [2.45, 2.75) is 43.9 Å². The number of benzene rings is 8. The molecule has 15 heteroatoms. The van der Waals surface area contributed by atoms with Crippen molar-refractivity contribution in [1.29, 1.82) is 0 Å². The quantitative estimate of drug-likeness (QED) is 0.0233. The molecular formula is C68H61N5O10. The van der Waals surface area contributed by atoms with Crippen molar-refractivity contribution in [2.24, 2.45) is 0 Å². The standard InChI is InChI=1S/C68H61N5O10/c1-5-40-80-61-56(64(76)69-50-36-32-46(33-37-50)66(78)81-41-6-2)38-39-58(62(61)83-44(3)4)71-63(75)45-30-34-51(35-31-45)70-65(77)59(72-67(79)82-43-57-54-28-18-16-26-52(54)53-27-17-19-29-55(53)57)42-60(74)73-68(47-20-10-7-11-21-47,48-22-12-8-13-23-48)49-24-14-9-15-25-49/h5-39,44,57,59H,1-2,40-43H2,3-4H3,(H,69,76)(H,70,77)(H,71,75)(H,72,79)(H,73,74). The van der Waals surface area contributed by atoms with Gasteiger partial charge in [0.05, 0.1) is 29.3 Å². The maximum atomic E-state index is 14.8. The van der Waals surface area contributed by atoms with Crippen molar-refractivity contribution in [2.75, 3.05) is 35.8 Å². The van der Waals surface area contributed by atoms with Crippen molar-refractivity contribution < 1.29 is 47.7 Å². The van der Waals surface area contributed by atoms with Crippen molar-refractivity contribution >= 4 is 52.8 Å². The number of hydrogen-bond donors (Lipinski definition) is 5. The zero-order valence-corrected chi connectivity index (χ0v) is 45.8. The highest BCUT2D eigenvalue weighted by atomic mass is 16.6. The highest BCUT2D eigenvalue weighted by Gasteiger charge is 2.39. The van der Waals surface area contributed by atoms with Gasteiger partial charge in [-0.25, -0.2) is 9.59 Å². The van der Waals surface area contributed by atoms with Crippen molar-refractivity contribution in [3.05, 3.63) is 270 Å². The smallest absolute Gasteiger partial charge is 0.407 e. The van der Waals surface area contributed by atoms with Gasteiger partial charge in [-0.1, -0.05) is 165 Å². The number of fused-ring (bicyclic) bond motifs is 3. The van der Waals surface area contributed by atoms with Crippen LogP contribution in [0.4, 0.5) is 21.9 Å². The number of carbonyl (C=O) groups excluding carboxylic acids is 6. The molecule has 0 aromatic heterocycles. The third-order valence-electron chi connectivity index (χ3n) is 13.7. The number of amides is 5. The molecule has 0 aliphatic heterocycles. The Bertz CT molecular complexity index is 3510. The molecule has 1 unspecified atom stereocenters. The number of rotatable bonds is 23. The van der Waals surface area contributed by atoms with Gasteiger partial charge < -0.3 is 45.5 Å². The summed E-state index contributed by atoms with van der Waals surface area (Å²) in [4.78, 5) is 83.5. The van der Waals surface area contributed by atoms with Crippen LogP contribution in [0, 0.1) is 0 Å². The molecule has 8 aromatic carbocycles. The monoisotopic (exact) mass is 1110 g/mol. The minimum Gasteiger partial charge on any atom is -0.485 e. The molecule has 8 aromatic rings. The molecule has 0 heterocycles. The van der Waals surface area contributed by atoms with Gasteiger partial charge in [0, 0.05) is 22.9 Å². The first kappa shape index (κ1) is 57.2. The Morgan fingerprint density at radius 3 is 1.60 bits per heavy atom. The summed E-state index contributed by atoms with van der Waals surface area (Å²) in [6.45, 7) is 10.9. The van der Waals surface area contributed by atoms with Gasteiger partial charge >= 0.3 is 12.1 Å². The molecule has 418 valence electrons. The summed E-state index contributed by atoms with van der Waals surface area (Å²) in [7, 11) is 0. The Morgan fingerprint density at radius 1 is 0.542 bits per heavy atom. The van der Waals surface area contributed by atoms with Gasteiger partial charge in [-0.05, 0) is 113 Å². The third kappa shape index (κ3) is 13.4. The van der Waals surface area contributed by atoms with Crippen LogP contribution in [0.3, 0.4) is 0 Å². The van der Waals surface area contributed by atoms with E-state index >= 15 is 0 Å². The van der Waals surface area contributed by atoms with Crippen LogP contribution >= 0.6 is 0 Å². The van der Waals surface area contributed by atoms with Crippen molar-refractivity contribution in [3.63, 3.8) is 0 Å². The Labute approximate surface area is 481 Å². The summed E-state index contributed by atoms with van der Waals surface area (Å²) in [6, 6.07) is 58.1. The fourth-order valence-electron chi connectivity index (χ4n) is 9.93. The molecule has 5 N–H and O–H groups in total. The van der Waals surface area contributed by atoms with Crippen LogP contribution in [0.5, 0.6) is 11.5 Å². The van der Waals surface area contributed by atoms with E-state index < -0.39 is 59.8 Å². The lowest BCUT2D eigenvalue weighted by atomic mass is 9.77. The molecule has 0 saturated carbocycles. The van der Waals surface area contributed by atoms with E-state index in [2.05, 4.69) is 39.7 Å². The highest BCUT2D eigenvalue weighted by molar-refractivity contribution is 6.10. The van der Waals surface area contributed by atoms with Crippen LogP contribution in [0.2, 0.25) is 0 Å². The summed E-state index contributed by atoms with van der Waals surface area (Å²) >= 11 is 0. The van der Waals surface area contributed by atoms with Crippen LogP contribution in [0.25, 0.3) is 11.1 Å². The molecule has 0 radical (unpaired) electrons. The minimum absolute atomic E-state index is 0.0105. The SMILES string of the molecule is C=CCOC(=O)c1ccc(NC(=O)c2ccc(NC(=O)c3ccc(NC(=O)C(CC(=O)NC(c4ccccc4)(c4ccccc4)c4ccccc4)NC(=O)OCC4c5ccccc5-c5ccccc54)cc3)c(OC(C)C)c2OCC=C)cc1. The number of nitrogens with one attached hydrogen (secondary N) is 5. The zero-order chi connectivity index (χ0) is 58.3. The second-order valence-corrected chi connectivity index (χ2v) is 19.6. The zero-order valence-electron chi connectivity index (χ0n) is 45.8. The number of alkyl carbamates (subject to hydrolysis) is 1. The van der Waals surface area contributed by atoms with Gasteiger partial charge in [0.25, 0.3) is 11.8 Å². The average Bonchev–Trinajstić information content (AvgIpc) is 3.41. The number of hydrogen-bond acceptors (Lipinski definition) is 10. The first-order valence-electron chi connectivity index (χ1n) is 26.9. The van der Waals surface area contributed by atoms with Gasteiger partial charge in [-0.2, -0.15) is 0 Å². The van der Waals surface area contributed by atoms with Gasteiger partial charge in [0.2, 0.25) is 11.8 Å². The lowest BCUT2D eigenvalue weighted by Crippen LogP contribution is -2.52. The lowest BCUT2D eigenvalue weighted by Gasteiger charge is -2.37. The second-order valence-electron chi connectivity index (χ2n) is 19.6. The largest absolute Gasteiger partial charge is 0.485 e. The van der Waals surface area contributed by atoms with Gasteiger partial charge in [0.1, 0.15) is 31.4 Å². The van der Waals surface area contributed by atoms with E-state index in [1.165, 1.54) is 60.7 Å². The maximum Gasteiger partial charge on any atom is 0.407 e. The number of anilines is 3. The molecule has 0 bridgehead atoms. The topological polar surface area (TPSA) is 199 Å². The van der Waals surface area contributed by atoms with Crippen LogP contribution in [-0.4, -0.2) is 67.7 Å². The van der Waals surface area contributed by atoms with Crippen LogP contribution in [0.1, 0.15) is 85.1 Å². The number of esters is 1. The molecule has 1 atom stereocenters. The Kier molecular flexibility index (Phi) is 18.3. The summed E-state index contributed by atoms with van der Waals surface area (Å²) in [6.07, 6.45) is 1.11. The fourth-order valence-corrected chi connectivity index (χ4v) is 9.93. The summed E-state index contributed by atoms with van der Waals surface area (Å²) in [5, 5.41) is 14.5. The first-order chi connectivity index (χ1) is 40.4. The Morgan fingerprint density at radius 2 is 1.06 bits per heavy atom.